The predicted molar refractivity (Wildman–Crippen MR) is 532 cm³/mol. The van der Waals surface area contributed by atoms with Crippen LogP contribution in [0.3, 0.4) is 0 Å². The smallest absolute Gasteiger partial charge is 0.319 e. The number of aromatic nitrogens is 1. The van der Waals surface area contributed by atoms with E-state index in [0.29, 0.717) is 104 Å². The first-order chi connectivity index (χ1) is 63.7. The second-order valence-electron chi connectivity index (χ2n) is 36.9. The Kier molecular flexibility index (Phi) is 33.4. The highest BCUT2D eigenvalue weighted by Gasteiger charge is 2.50. The number of nitrogens with one attached hydrogen (secondary N) is 4. The lowest BCUT2D eigenvalue weighted by Crippen LogP contribution is -2.45. The highest BCUT2D eigenvalue weighted by molar-refractivity contribution is 6.35. The third-order valence-corrected chi connectivity index (χ3v) is 27.8. The molecule has 8 aromatic rings. The monoisotopic (exact) mass is 1890 g/mol. The van der Waals surface area contributed by atoms with E-state index in [9.17, 15) is 19.2 Å². The van der Waals surface area contributed by atoms with E-state index in [4.69, 9.17) is 104 Å². The van der Waals surface area contributed by atoms with Crippen molar-refractivity contribution in [3.63, 3.8) is 0 Å². The number of rotatable bonds is 21. The number of halogens is 4. The van der Waals surface area contributed by atoms with Crippen LogP contribution in [0.4, 0.5) is 21.0 Å². The molecule has 6 amide bonds. The highest BCUT2D eigenvalue weighted by Crippen LogP contribution is 2.45. The van der Waals surface area contributed by atoms with Crippen molar-refractivity contribution in [3.8, 4) is 39.1 Å². The van der Waals surface area contributed by atoms with Crippen LogP contribution >= 0.6 is 46.4 Å². The number of hydrogen-bond donors (Lipinski definition) is 9. The Morgan fingerprint density at radius 1 is 0.429 bits per heavy atom. The molecule has 3 unspecified atom stereocenters. The average molecular weight is 1890 g/mol. The van der Waals surface area contributed by atoms with Crippen LogP contribution in [0.15, 0.2) is 213 Å². The van der Waals surface area contributed by atoms with Gasteiger partial charge < -0.3 is 54.7 Å². The fourth-order valence-corrected chi connectivity index (χ4v) is 20.3. The van der Waals surface area contributed by atoms with Gasteiger partial charge in [-0.05, 0) is 245 Å². The van der Waals surface area contributed by atoms with Crippen molar-refractivity contribution in [1.29, 1.82) is 0 Å². The molecule has 28 nitrogen and oxygen atoms in total. The van der Waals surface area contributed by atoms with E-state index in [1.807, 2.05) is 136 Å². The minimum Gasteiger partial charge on any atom is -0.497 e. The first-order valence-electron chi connectivity index (χ1n) is 46.2. The maximum atomic E-state index is 13.3. The van der Waals surface area contributed by atoms with Gasteiger partial charge in [-0.25, -0.2) is 59.4 Å². The van der Waals surface area contributed by atoms with E-state index in [2.05, 4.69) is 65.5 Å². The zero-order valence-corrected chi connectivity index (χ0v) is 80.6. The summed E-state index contributed by atoms with van der Waals surface area (Å²) in [5.41, 5.74) is 36.7. The molecule has 133 heavy (non-hydrogen) atoms. The molecule has 4 aliphatic carbocycles. The summed E-state index contributed by atoms with van der Waals surface area (Å²) in [5, 5.41) is 18.8. The Labute approximate surface area is 801 Å². The van der Waals surface area contributed by atoms with Crippen LogP contribution in [0.2, 0.25) is 20.1 Å². The van der Waals surface area contributed by atoms with Gasteiger partial charge in [-0.15, -0.1) is 0 Å². The van der Waals surface area contributed by atoms with Gasteiger partial charge in [0.2, 0.25) is 29.3 Å². The molecule has 4 saturated carbocycles. The van der Waals surface area contributed by atoms with Crippen LogP contribution in [-0.4, -0.2) is 156 Å². The van der Waals surface area contributed by atoms with Crippen LogP contribution in [0, 0.1) is 23.7 Å². The van der Waals surface area contributed by atoms with E-state index < -0.39 is 28.1 Å². The molecule has 6 heterocycles. The van der Waals surface area contributed by atoms with Crippen molar-refractivity contribution in [3.05, 3.63) is 225 Å². The lowest BCUT2D eigenvalue weighted by molar-refractivity contribution is -0.163. The topological polar surface area (TPSA) is 374 Å². The number of benzene rings is 7. The molecule has 0 bridgehead atoms. The number of hydrogen-bond acceptors (Lipinski definition) is 22. The first kappa shape index (κ1) is 99.2. The van der Waals surface area contributed by atoms with Gasteiger partial charge in [-0.1, -0.05) is 215 Å². The van der Waals surface area contributed by atoms with Gasteiger partial charge in [0.25, 0.3) is 11.8 Å². The molecule has 14 N–H and O–H groups in total. The maximum absolute atomic E-state index is 13.3. The van der Waals surface area contributed by atoms with E-state index >= 15 is 0 Å². The number of carbonyl (C=O) groups is 4. The summed E-state index contributed by atoms with van der Waals surface area (Å²) in [4.78, 5) is 98.9. The molecule has 0 saturated heterocycles. The summed E-state index contributed by atoms with van der Waals surface area (Å²) in [6, 6.07) is 55.5. The van der Waals surface area contributed by atoms with Crippen molar-refractivity contribution in [2.24, 2.45) is 77.3 Å². The zero-order valence-electron chi connectivity index (χ0n) is 77.6. The minimum atomic E-state index is -0.836. The highest BCUT2D eigenvalue weighted by atomic mass is 35.5. The Bertz CT molecular complexity index is 5510. The lowest BCUT2D eigenvalue weighted by Gasteiger charge is -2.35. The Morgan fingerprint density at radius 3 is 1.33 bits per heavy atom. The van der Waals surface area contributed by atoms with Gasteiger partial charge >= 0.3 is 12.1 Å². The number of likely N-dealkylation sites (N-methyl/N-ethyl adjacent to an activating group) is 2. The summed E-state index contributed by atoms with van der Waals surface area (Å²) in [6.07, 6.45) is 29.2. The summed E-state index contributed by atoms with van der Waals surface area (Å²) in [5.74, 6) is 4.71. The second-order valence-corrected chi connectivity index (χ2v) is 38.6. The van der Waals surface area contributed by atoms with Crippen molar-refractivity contribution in [1.82, 2.24) is 40.6 Å². The quantitative estimate of drug-likeness (QED) is 0.0323. The van der Waals surface area contributed by atoms with Gasteiger partial charge in [0.15, 0.2) is 11.9 Å². The van der Waals surface area contributed by atoms with Gasteiger partial charge in [-0.3, -0.25) is 29.2 Å². The molecule has 7 aromatic carbocycles. The van der Waals surface area contributed by atoms with E-state index in [1.165, 1.54) is 89.2 Å². The molecule has 5 aliphatic heterocycles. The number of hydroxylamine groups is 6. The second kappa shape index (κ2) is 44.7. The Morgan fingerprint density at radius 2 is 0.872 bits per heavy atom. The van der Waals surface area contributed by atoms with Crippen LogP contribution in [-0.2, 0) is 41.1 Å². The van der Waals surface area contributed by atoms with Crippen molar-refractivity contribution >= 4 is 111 Å². The number of ether oxygens (including phenoxy) is 1. The molecule has 0 radical (unpaired) electrons. The molecular formula is C101H128Cl4N20O8. The average Bonchev–Trinajstić information content (AvgIpc) is 1.38. The minimum absolute atomic E-state index is 0.0367. The SMILES string of the molecule is CN1C(=O)[C@@](CCC2CCCCC2)(C[C@H]2CCC[C@@H](NC(=O)Nc3ccc(Cl)cc3)C2)N=C1N.CN1C(=O)[C@@](CCC2CCCCC2)(C[C@H]2CCC[C@@H](NC(=O)Nc3cccc(Cl)c3)C2)N=C1N.CN1OC(C)(c2cccc(-c3cc(Cl)cc(Cl)c3)c2)N=C1N.CN1OC(C)(c2cccc(-c3cccnc3)c2)N=C1N.COc1cccc(-c2cccc(C3(C)CON(C)C(N)=N3)c2)c1. The number of anilines is 2. The molecule has 17 rings (SSSR count). The van der Waals surface area contributed by atoms with Gasteiger partial charge in [-0.2, -0.15) is 0 Å². The molecule has 708 valence electrons. The number of amides is 6. The molecule has 0 spiro atoms. The summed E-state index contributed by atoms with van der Waals surface area (Å²) in [6.45, 7) is 6.24. The van der Waals surface area contributed by atoms with Gasteiger partial charge in [0.1, 0.15) is 29.0 Å². The molecular weight excluding hydrogens is 1760 g/mol. The van der Waals surface area contributed by atoms with Crippen molar-refractivity contribution in [2.75, 3.05) is 59.6 Å². The standard InChI is InChI=1S/2C26H38ClN5O2.C18H21N3O2.C16H15Cl2N3O.C15H16N4O/c1-32-23(33)26(31-24(32)28,14-13-18-7-3-2-4-8-18)17-19-9-5-11-21(15-19)29-25(34)30-22-12-6-10-20(27)16-22;1-32-23(33)26(31-24(32)28,15-14-18-6-3-2-4-7-18)17-19-8-5-9-22(16-19)30-25(34)29-21-12-10-20(27)11-13-21;1-18(12-23-21(2)17(19)20-18)15-8-4-6-13(10-15)14-7-5-9-16(11-14)22-3;1-16(20-15(19)21(2)22-16)12-5-3-4-10(6-12)11-7-13(17)9-14(18)8-11;1-15(18-14(16)19(2)20-15)13-7-3-5-11(9-13)12-6-4-8-17-10-12/h6,10,12,16,18-19,21H,2-5,7-9,11,13-15,17H2,1H3,(H2,28,31)(H2,29,30,34);10-13,18-19,22H,2-9,14-17H2,1H3,(H2,28,31)(H2,29,30,34);4-11H,12H2,1-3H3,(H2,19,20);3-9H,1-2H3,(H2,19,20);3-10H,1-2H3,(H2,16,18)/t19-,21+,26+;19-,22+,26+;;;/m00.../s1. The molecule has 32 heteroatoms. The predicted octanol–water partition coefficient (Wildman–Crippen LogP) is 19.5. The molecule has 4 fully saturated rings. The van der Waals surface area contributed by atoms with Crippen LogP contribution in [0.5, 0.6) is 5.75 Å². The Balaban J connectivity index is 0.000000144. The number of aliphatic imine (C=N–C) groups is 5. The summed E-state index contributed by atoms with van der Waals surface area (Å²) < 4.78 is 5.30. The van der Waals surface area contributed by atoms with E-state index in [0.717, 1.165) is 133 Å². The molecule has 9 atom stereocenters. The lowest BCUT2D eigenvalue weighted by atomic mass is 9.74. The largest absolute Gasteiger partial charge is 0.497 e. The number of guanidine groups is 5. The van der Waals surface area contributed by atoms with Crippen molar-refractivity contribution < 1.29 is 38.4 Å². The number of nitrogens with zero attached hydrogens (tertiary/aromatic N) is 11. The summed E-state index contributed by atoms with van der Waals surface area (Å²) >= 11 is 24.1. The molecule has 1 aromatic heterocycles. The van der Waals surface area contributed by atoms with Crippen LogP contribution in [0.25, 0.3) is 33.4 Å². The third kappa shape index (κ3) is 26.0. The number of pyridine rings is 1. The van der Waals surface area contributed by atoms with Gasteiger partial charge in [0, 0.05) is 102 Å². The number of methoxy groups -OCH3 is 1. The zero-order chi connectivity index (χ0) is 94.8. The summed E-state index contributed by atoms with van der Waals surface area (Å²) in [7, 11) is 10.4. The van der Waals surface area contributed by atoms with Gasteiger partial charge in [0.05, 0.1) is 7.11 Å². The third-order valence-electron chi connectivity index (χ3n) is 26.8. The maximum Gasteiger partial charge on any atom is 0.319 e. The van der Waals surface area contributed by atoms with E-state index in [-0.39, 0.29) is 36.0 Å². The van der Waals surface area contributed by atoms with Crippen LogP contribution in [0.1, 0.15) is 192 Å². The van der Waals surface area contributed by atoms with Crippen molar-refractivity contribution in [2.45, 2.75) is 215 Å². The molecule has 9 aliphatic rings. The fourth-order valence-electron chi connectivity index (χ4n) is 19.5. The number of urea groups is 2. The normalized spacial score (nSPS) is 24.7. The van der Waals surface area contributed by atoms with Crippen LogP contribution < -0.4 is 54.7 Å². The first-order valence-corrected chi connectivity index (χ1v) is 47.7. The number of carbonyl (C=O) groups excluding carboxylic acids is 4. The fraction of sp³-hybridized carbons (Fsp3) is 0.446. The number of nitrogens with two attached hydrogens (primary N) is 5. The van der Waals surface area contributed by atoms with E-state index in [1.54, 1.807) is 91.0 Å². The Hall–Kier alpha value is -11.2.